The van der Waals surface area contributed by atoms with Gasteiger partial charge in [0.1, 0.15) is 0 Å². The Labute approximate surface area is 171 Å². The largest absolute Gasteiger partial charge is 0.453 e. The molecule has 3 rings (SSSR count). The van der Waals surface area contributed by atoms with E-state index in [2.05, 4.69) is 20.4 Å². The van der Waals surface area contributed by atoms with E-state index in [1.165, 1.54) is 0 Å². The average Bonchev–Trinajstić information content (AvgIpc) is 3.08. The molecular formula is C20H23F3N6O. The van der Waals surface area contributed by atoms with Gasteiger partial charge in [-0.1, -0.05) is 24.3 Å². The summed E-state index contributed by atoms with van der Waals surface area (Å²) in [5.74, 6) is -1.64. The van der Waals surface area contributed by atoms with E-state index in [4.69, 9.17) is 0 Å². The Bertz CT molecular complexity index is 1070. The molecule has 3 aromatic rings. The molecule has 0 aliphatic carbocycles. The van der Waals surface area contributed by atoms with E-state index in [1.807, 2.05) is 43.3 Å². The van der Waals surface area contributed by atoms with Crippen LogP contribution in [0.15, 0.2) is 24.3 Å². The highest BCUT2D eigenvalue weighted by Crippen LogP contribution is 2.27. The van der Waals surface area contributed by atoms with Crippen molar-refractivity contribution in [1.82, 2.24) is 29.8 Å². The van der Waals surface area contributed by atoms with Crippen molar-refractivity contribution in [3.63, 3.8) is 0 Å². The second kappa shape index (κ2) is 8.39. The number of aromatic nitrogens is 4. The second-order valence-corrected chi connectivity index (χ2v) is 7.37. The number of benzene rings is 1. The van der Waals surface area contributed by atoms with Crippen LogP contribution < -0.4 is 5.32 Å². The fourth-order valence-electron chi connectivity index (χ4n) is 3.23. The molecule has 7 nitrogen and oxygen atoms in total. The number of aryl methyl sites for hydroxylation is 2. The van der Waals surface area contributed by atoms with E-state index < -0.39 is 12.0 Å². The van der Waals surface area contributed by atoms with Gasteiger partial charge in [-0.15, -0.1) is 5.10 Å². The number of alkyl halides is 3. The zero-order valence-corrected chi connectivity index (χ0v) is 17.2. The van der Waals surface area contributed by atoms with Crippen LogP contribution in [0, 0.1) is 13.8 Å². The number of halogens is 3. The number of amides is 1. The minimum absolute atomic E-state index is 0.0162. The third-order valence-corrected chi connectivity index (χ3v) is 4.72. The molecule has 30 heavy (non-hydrogen) atoms. The normalized spacial score (nSPS) is 12.0. The van der Waals surface area contributed by atoms with E-state index in [-0.39, 0.29) is 18.1 Å². The van der Waals surface area contributed by atoms with Crippen molar-refractivity contribution in [1.29, 1.82) is 0 Å². The van der Waals surface area contributed by atoms with Gasteiger partial charge in [0.2, 0.25) is 5.91 Å². The smallest absolute Gasteiger partial charge is 0.352 e. The van der Waals surface area contributed by atoms with Crippen LogP contribution in [0.2, 0.25) is 0 Å². The second-order valence-electron chi connectivity index (χ2n) is 7.37. The average molecular weight is 420 g/mol. The third-order valence-electron chi connectivity index (χ3n) is 4.72. The van der Waals surface area contributed by atoms with Gasteiger partial charge in [0.15, 0.2) is 0 Å². The van der Waals surface area contributed by atoms with Crippen molar-refractivity contribution in [3.8, 4) is 0 Å². The number of nitrogens with one attached hydrogen (secondary N) is 1. The molecule has 0 spiro atoms. The number of nitrogens with zero attached hydrogens (tertiary/aromatic N) is 5. The fraction of sp³-hybridized carbons (Fsp3) is 0.400. The number of hydrogen-bond donors (Lipinski definition) is 1. The summed E-state index contributed by atoms with van der Waals surface area (Å²) in [6.45, 7) is 4.35. The number of rotatable bonds is 6. The van der Waals surface area contributed by atoms with Crippen LogP contribution in [-0.2, 0) is 30.5 Å². The maximum absolute atomic E-state index is 12.9. The van der Waals surface area contributed by atoms with Gasteiger partial charge in [0, 0.05) is 30.0 Å². The maximum atomic E-state index is 12.9. The lowest BCUT2D eigenvalue weighted by Gasteiger charge is -2.15. The van der Waals surface area contributed by atoms with Gasteiger partial charge in [-0.05, 0) is 39.1 Å². The summed E-state index contributed by atoms with van der Waals surface area (Å²) in [6, 6.07) is 7.83. The van der Waals surface area contributed by atoms with Gasteiger partial charge >= 0.3 is 6.18 Å². The van der Waals surface area contributed by atoms with Gasteiger partial charge in [0.05, 0.1) is 6.42 Å². The molecule has 0 aliphatic rings. The number of carbonyl (C=O) groups excluding carboxylic acids is 1. The molecule has 0 saturated heterocycles. The molecule has 160 valence electrons. The Hall–Kier alpha value is -3.01. The number of carbonyl (C=O) groups is 1. The molecular weight excluding hydrogens is 397 g/mol. The summed E-state index contributed by atoms with van der Waals surface area (Å²) in [7, 11) is 3.94. The Morgan fingerprint density at radius 2 is 1.80 bits per heavy atom. The number of fused-ring (bicyclic) bond motifs is 1. The SMILES string of the molecule is Cc1nc2nc(C(F)(F)F)nn2c(C)c1CC(=O)NCc1ccccc1CN(C)C. The van der Waals surface area contributed by atoms with E-state index in [0.717, 1.165) is 22.2 Å². The molecule has 1 N–H and O–H groups in total. The quantitative estimate of drug-likeness (QED) is 0.664. The molecule has 1 amide bonds. The highest BCUT2D eigenvalue weighted by molar-refractivity contribution is 5.79. The predicted octanol–water partition coefficient (Wildman–Crippen LogP) is 2.68. The van der Waals surface area contributed by atoms with Crippen LogP contribution in [0.5, 0.6) is 0 Å². The van der Waals surface area contributed by atoms with Gasteiger partial charge in [-0.3, -0.25) is 4.79 Å². The molecule has 10 heteroatoms. The zero-order valence-electron chi connectivity index (χ0n) is 17.2. The lowest BCUT2D eigenvalue weighted by atomic mass is 10.1. The first-order chi connectivity index (χ1) is 14.1. The Morgan fingerprint density at radius 1 is 1.13 bits per heavy atom. The Balaban J connectivity index is 1.77. The van der Waals surface area contributed by atoms with Crippen LogP contribution in [0.1, 0.15) is 33.9 Å². The van der Waals surface area contributed by atoms with E-state index in [9.17, 15) is 18.0 Å². The van der Waals surface area contributed by atoms with Crippen LogP contribution in [0.4, 0.5) is 13.2 Å². The number of hydrogen-bond acceptors (Lipinski definition) is 5. The van der Waals surface area contributed by atoms with Gasteiger partial charge in [0.25, 0.3) is 11.6 Å². The van der Waals surface area contributed by atoms with E-state index in [0.29, 0.717) is 23.5 Å². The molecule has 2 aromatic heterocycles. The third kappa shape index (κ3) is 4.76. The first-order valence-corrected chi connectivity index (χ1v) is 9.34. The van der Waals surface area contributed by atoms with Crippen molar-refractivity contribution in [2.45, 2.75) is 39.5 Å². The lowest BCUT2D eigenvalue weighted by Crippen LogP contribution is -2.26. The zero-order chi connectivity index (χ0) is 22.1. The van der Waals surface area contributed by atoms with Crippen LogP contribution >= 0.6 is 0 Å². The molecule has 0 aliphatic heterocycles. The Morgan fingerprint density at radius 3 is 2.43 bits per heavy atom. The molecule has 0 radical (unpaired) electrons. The first-order valence-electron chi connectivity index (χ1n) is 9.34. The molecule has 0 saturated carbocycles. The highest BCUT2D eigenvalue weighted by atomic mass is 19.4. The molecule has 2 heterocycles. The molecule has 0 unspecified atom stereocenters. The molecule has 0 bridgehead atoms. The van der Waals surface area contributed by atoms with Crippen LogP contribution in [-0.4, -0.2) is 44.5 Å². The minimum Gasteiger partial charge on any atom is -0.352 e. The summed E-state index contributed by atoms with van der Waals surface area (Å²) in [5, 5.41) is 6.39. The fourth-order valence-corrected chi connectivity index (χ4v) is 3.23. The van der Waals surface area contributed by atoms with Gasteiger partial charge in [-0.2, -0.15) is 18.2 Å². The summed E-state index contributed by atoms with van der Waals surface area (Å²) >= 11 is 0. The summed E-state index contributed by atoms with van der Waals surface area (Å²) < 4.78 is 39.8. The predicted molar refractivity (Wildman–Crippen MR) is 105 cm³/mol. The summed E-state index contributed by atoms with van der Waals surface area (Å²) in [4.78, 5) is 22.1. The van der Waals surface area contributed by atoms with E-state index in [1.54, 1.807) is 13.8 Å². The van der Waals surface area contributed by atoms with Crippen molar-refractivity contribution in [2.24, 2.45) is 0 Å². The van der Waals surface area contributed by atoms with Crippen molar-refractivity contribution in [2.75, 3.05) is 14.1 Å². The van der Waals surface area contributed by atoms with Crippen LogP contribution in [0.25, 0.3) is 5.78 Å². The Kier molecular flexibility index (Phi) is 6.06. The first kappa shape index (κ1) is 21.7. The van der Waals surface area contributed by atoms with Crippen molar-refractivity contribution in [3.05, 3.63) is 58.2 Å². The standard InChI is InChI=1S/C20H23F3N6O/c1-12-16(13(2)29-19(25-12)26-18(27-29)20(21,22)23)9-17(30)24-10-14-7-5-6-8-15(14)11-28(3)4/h5-8H,9-11H2,1-4H3,(H,24,30). The van der Waals surface area contributed by atoms with E-state index >= 15 is 0 Å². The molecule has 0 fully saturated rings. The monoisotopic (exact) mass is 420 g/mol. The van der Waals surface area contributed by atoms with Crippen LogP contribution in [0.3, 0.4) is 0 Å². The maximum Gasteiger partial charge on any atom is 0.453 e. The van der Waals surface area contributed by atoms with Crippen molar-refractivity contribution < 1.29 is 18.0 Å². The van der Waals surface area contributed by atoms with Crippen molar-refractivity contribution >= 4 is 11.7 Å². The lowest BCUT2D eigenvalue weighted by molar-refractivity contribution is -0.144. The highest BCUT2D eigenvalue weighted by Gasteiger charge is 2.37. The summed E-state index contributed by atoms with van der Waals surface area (Å²) in [5.41, 5.74) is 3.50. The van der Waals surface area contributed by atoms with Gasteiger partial charge in [-0.25, -0.2) is 9.50 Å². The minimum atomic E-state index is -4.66. The molecule has 0 atom stereocenters. The molecule has 1 aromatic carbocycles. The topological polar surface area (TPSA) is 75.4 Å². The summed E-state index contributed by atoms with van der Waals surface area (Å²) in [6.07, 6.45) is -4.68. The van der Waals surface area contributed by atoms with Gasteiger partial charge < -0.3 is 10.2 Å².